The zero-order valence-corrected chi connectivity index (χ0v) is 13.2. The zero-order valence-electron chi connectivity index (χ0n) is 12.4. The highest BCUT2D eigenvalue weighted by Crippen LogP contribution is 2.20. The molecule has 2 atom stereocenters. The lowest BCUT2D eigenvalue weighted by molar-refractivity contribution is -0.132. The van der Waals surface area contributed by atoms with Crippen LogP contribution in [0.25, 0.3) is 0 Å². The van der Waals surface area contributed by atoms with E-state index in [2.05, 4.69) is 11.2 Å². The van der Waals surface area contributed by atoms with Gasteiger partial charge in [-0.2, -0.15) is 0 Å². The van der Waals surface area contributed by atoms with E-state index < -0.39 is 9.84 Å². The van der Waals surface area contributed by atoms with Gasteiger partial charge in [0.1, 0.15) is 0 Å². The summed E-state index contributed by atoms with van der Waals surface area (Å²) in [7, 11) is -3.00. The molecule has 0 bridgehead atoms. The Labute approximate surface area is 127 Å². The van der Waals surface area contributed by atoms with Gasteiger partial charge in [-0.05, 0) is 32.2 Å². The Balaban J connectivity index is 1.88. The fraction of sp³-hybridized carbons (Fsp3) is 0.800. The predicted molar refractivity (Wildman–Crippen MR) is 82.5 cm³/mol. The summed E-state index contributed by atoms with van der Waals surface area (Å²) in [5.74, 6) is 2.69. The first-order valence-corrected chi connectivity index (χ1v) is 9.51. The van der Waals surface area contributed by atoms with Crippen molar-refractivity contribution < 1.29 is 13.2 Å². The number of nitrogens with one attached hydrogen (secondary N) is 1. The van der Waals surface area contributed by atoms with Crippen LogP contribution in [0, 0.1) is 12.3 Å². The van der Waals surface area contributed by atoms with Crippen molar-refractivity contribution >= 4 is 15.7 Å². The van der Waals surface area contributed by atoms with E-state index in [1.807, 2.05) is 0 Å². The van der Waals surface area contributed by atoms with Gasteiger partial charge in [0.05, 0.1) is 18.1 Å². The molecule has 0 saturated carbocycles. The molecular weight excluding hydrogens is 288 g/mol. The van der Waals surface area contributed by atoms with Crippen LogP contribution in [0.5, 0.6) is 0 Å². The van der Waals surface area contributed by atoms with Crippen LogP contribution in [0.2, 0.25) is 0 Å². The van der Waals surface area contributed by atoms with E-state index in [-0.39, 0.29) is 30.0 Å². The van der Waals surface area contributed by atoms with E-state index >= 15 is 0 Å². The van der Waals surface area contributed by atoms with Crippen LogP contribution in [-0.4, -0.2) is 55.9 Å². The molecule has 118 valence electrons. The lowest BCUT2D eigenvalue weighted by Crippen LogP contribution is -2.42. The maximum Gasteiger partial charge on any atom is 0.223 e. The van der Waals surface area contributed by atoms with Crippen molar-refractivity contribution in [3.8, 4) is 12.3 Å². The van der Waals surface area contributed by atoms with E-state index in [4.69, 9.17) is 6.42 Å². The van der Waals surface area contributed by atoms with Gasteiger partial charge in [0, 0.05) is 18.5 Å². The first-order valence-electron chi connectivity index (χ1n) is 7.68. The highest BCUT2D eigenvalue weighted by atomic mass is 32.2. The molecule has 2 fully saturated rings. The van der Waals surface area contributed by atoms with Crippen LogP contribution in [-0.2, 0) is 14.6 Å². The Hall–Kier alpha value is -1.06. The predicted octanol–water partition coefficient (Wildman–Crippen LogP) is 0.558. The van der Waals surface area contributed by atoms with Crippen LogP contribution in [0.4, 0.5) is 0 Å². The summed E-state index contributed by atoms with van der Waals surface area (Å²) in [6.07, 6.45) is 10.6. The monoisotopic (exact) mass is 312 g/mol. The maximum atomic E-state index is 12.4. The molecule has 1 N–H and O–H groups in total. The first-order chi connectivity index (χ1) is 10.0. The molecule has 6 heteroatoms. The average Bonchev–Trinajstić information content (AvgIpc) is 2.83. The van der Waals surface area contributed by atoms with E-state index in [0.717, 1.165) is 19.4 Å². The van der Waals surface area contributed by atoms with Crippen LogP contribution in [0.3, 0.4) is 0 Å². The average molecular weight is 312 g/mol. The molecule has 2 saturated heterocycles. The van der Waals surface area contributed by atoms with Crippen molar-refractivity contribution in [3.05, 3.63) is 0 Å². The molecule has 2 aliphatic heterocycles. The van der Waals surface area contributed by atoms with E-state index in [1.165, 1.54) is 12.8 Å². The van der Waals surface area contributed by atoms with Gasteiger partial charge < -0.3 is 10.2 Å². The smallest absolute Gasteiger partial charge is 0.223 e. The van der Waals surface area contributed by atoms with Gasteiger partial charge in [-0.3, -0.25) is 4.79 Å². The molecule has 5 nitrogen and oxygen atoms in total. The van der Waals surface area contributed by atoms with Gasteiger partial charge in [-0.25, -0.2) is 8.42 Å². The molecule has 2 unspecified atom stereocenters. The highest BCUT2D eigenvalue weighted by molar-refractivity contribution is 7.91. The summed E-state index contributed by atoms with van der Waals surface area (Å²) in [6.45, 7) is 1.23. The number of rotatable bonds is 5. The van der Waals surface area contributed by atoms with Crippen molar-refractivity contribution in [3.63, 3.8) is 0 Å². The second-order valence-corrected chi connectivity index (χ2v) is 8.20. The van der Waals surface area contributed by atoms with Crippen LogP contribution >= 0.6 is 0 Å². The van der Waals surface area contributed by atoms with Gasteiger partial charge in [0.25, 0.3) is 0 Å². The van der Waals surface area contributed by atoms with Crippen molar-refractivity contribution in [1.29, 1.82) is 0 Å². The van der Waals surface area contributed by atoms with Gasteiger partial charge in [-0.15, -0.1) is 6.42 Å². The summed E-state index contributed by atoms with van der Waals surface area (Å²) in [5.41, 5.74) is 0. The summed E-state index contributed by atoms with van der Waals surface area (Å²) >= 11 is 0. The van der Waals surface area contributed by atoms with E-state index in [1.54, 1.807) is 4.90 Å². The fourth-order valence-corrected chi connectivity index (χ4v) is 4.88. The van der Waals surface area contributed by atoms with Gasteiger partial charge in [-0.1, -0.05) is 12.3 Å². The topological polar surface area (TPSA) is 66.5 Å². The SMILES string of the molecule is C#CCN(C(=O)CCC1CCCCN1)C1CCS(=O)(=O)C1. The molecule has 0 aliphatic carbocycles. The molecule has 0 aromatic heterocycles. The highest BCUT2D eigenvalue weighted by Gasteiger charge is 2.34. The second kappa shape index (κ2) is 7.28. The third kappa shape index (κ3) is 4.72. The Morgan fingerprint density at radius 2 is 2.14 bits per heavy atom. The number of nitrogens with zero attached hydrogens (tertiary/aromatic N) is 1. The minimum absolute atomic E-state index is 0.0116. The molecule has 2 rings (SSSR count). The molecule has 0 spiro atoms. The number of carbonyl (C=O) groups excluding carboxylic acids is 1. The van der Waals surface area contributed by atoms with Gasteiger partial charge in [0.2, 0.25) is 5.91 Å². The number of terminal acetylenes is 1. The van der Waals surface area contributed by atoms with Gasteiger partial charge in [0.15, 0.2) is 9.84 Å². The third-order valence-electron chi connectivity index (χ3n) is 4.35. The van der Waals surface area contributed by atoms with Gasteiger partial charge >= 0.3 is 0 Å². The van der Waals surface area contributed by atoms with Crippen LogP contribution in [0.1, 0.15) is 38.5 Å². The maximum absolute atomic E-state index is 12.4. The first kappa shape index (κ1) is 16.3. The summed E-state index contributed by atoms with van der Waals surface area (Å²) in [6, 6.07) is 0.167. The normalized spacial score (nSPS) is 28.0. The van der Waals surface area contributed by atoms with Crippen molar-refractivity contribution in [1.82, 2.24) is 10.2 Å². The lowest BCUT2D eigenvalue weighted by atomic mass is 10.00. The molecular formula is C15H24N2O3S. The number of carbonyl (C=O) groups is 1. The minimum atomic E-state index is -3.00. The molecule has 1 amide bonds. The summed E-state index contributed by atoms with van der Waals surface area (Å²) < 4.78 is 23.2. The van der Waals surface area contributed by atoms with Crippen molar-refractivity contribution in [2.45, 2.75) is 50.6 Å². The number of amides is 1. The lowest BCUT2D eigenvalue weighted by Gasteiger charge is -2.28. The summed E-state index contributed by atoms with van der Waals surface area (Å²) in [5, 5.41) is 3.42. The second-order valence-electron chi connectivity index (χ2n) is 5.97. The molecule has 2 heterocycles. The fourth-order valence-electron chi connectivity index (χ4n) is 3.15. The molecule has 2 aliphatic rings. The molecule has 0 aromatic carbocycles. The number of sulfone groups is 1. The van der Waals surface area contributed by atoms with Crippen molar-refractivity contribution in [2.24, 2.45) is 0 Å². The molecule has 21 heavy (non-hydrogen) atoms. The van der Waals surface area contributed by atoms with Crippen molar-refractivity contribution in [2.75, 3.05) is 24.6 Å². The van der Waals surface area contributed by atoms with E-state index in [0.29, 0.717) is 18.9 Å². The zero-order chi connectivity index (χ0) is 15.3. The Morgan fingerprint density at radius 3 is 2.71 bits per heavy atom. The number of piperidine rings is 1. The summed E-state index contributed by atoms with van der Waals surface area (Å²) in [4.78, 5) is 14.0. The Kier molecular flexibility index (Phi) is 5.65. The van der Waals surface area contributed by atoms with E-state index in [9.17, 15) is 13.2 Å². The minimum Gasteiger partial charge on any atom is -0.328 e. The Morgan fingerprint density at radius 1 is 1.33 bits per heavy atom. The third-order valence-corrected chi connectivity index (χ3v) is 6.10. The van der Waals surface area contributed by atoms with Crippen LogP contribution in [0.15, 0.2) is 0 Å². The number of hydrogen-bond donors (Lipinski definition) is 1. The molecule has 0 radical (unpaired) electrons. The number of hydrogen-bond acceptors (Lipinski definition) is 4. The largest absolute Gasteiger partial charge is 0.328 e. The molecule has 0 aromatic rings. The standard InChI is InChI=1S/C15H24N2O3S/c1-2-10-17(14-8-11-21(19,20)12-14)15(18)7-6-13-5-3-4-9-16-13/h1,13-14,16H,3-12H2. The Bertz CT molecular complexity index is 504. The van der Waals surface area contributed by atoms with Crippen LogP contribution < -0.4 is 5.32 Å². The quantitative estimate of drug-likeness (QED) is 0.753.